The summed E-state index contributed by atoms with van der Waals surface area (Å²) in [5.41, 5.74) is 4.74. The van der Waals surface area contributed by atoms with E-state index in [0.717, 1.165) is 28.1 Å². The average Bonchev–Trinajstić information content (AvgIpc) is 2.96. The van der Waals surface area contributed by atoms with E-state index >= 15 is 0 Å². The van der Waals surface area contributed by atoms with Gasteiger partial charge in [0.2, 0.25) is 0 Å². The molecule has 0 fully saturated rings. The van der Waals surface area contributed by atoms with Crippen LogP contribution in [0.3, 0.4) is 0 Å². The van der Waals surface area contributed by atoms with Crippen LogP contribution in [0, 0.1) is 13.8 Å². The highest BCUT2D eigenvalue weighted by molar-refractivity contribution is 5.81. The Hall–Kier alpha value is -3.14. The Bertz CT molecular complexity index is 927. The van der Waals surface area contributed by atoms with Gasteiger partial charge in [-0.2, -0.15) is 5.10 Å². The van der Waals surface area contributed by atoms with Crippen LogP contribution in [-0.2, 0) is 6.42 Å². The maximum Gasteiger partial charge on any atom is 0.284 e. The molecule has 0 N–H and O–H groups in total. The Labute approximate surface area is 153 Å². The third-order valence-electron chi connectivity index (χ3n) is 4.35. The van der Waals surface area contributed by atoms with E-state index in [0.29, 0.717) is 12.2 Å². The fraction of sp³-hybridized carbons (Fsp3) is 0.182. The summed E-state index contributed by atoms with van der Waals surface area (Å²) >= 11 is 0. The molecule has 0 aliphatic rings. The minimum absolute atomic E-state index is 0.0701. The molecule has 0 aliphatic heterocycles. The third kappa shape index (κ3) is 3.59. The van der Waals surface area contributed by atoms with Gasteiger partial charge < -0.3 is 4.74 Å². The summed E-state index contributed by atoms with van der Waals surface area (Å²) in [6, 6.07) is 17.7. The van der Waals surface area contributed by atoms with Gasteiger partial charge in [0.05, 0.1) is 5.69 Å². The molecule has 0 bridgehead atoms. The molecule has 4 heteroatoms. The van der Waals surface area contributed by atoms with Gasteiger partial charge in [0.1, 0.15) is 5.75 Å². The molecule has 2 aromatic carbocycles. The quantitative estimate of drug-likeness (QED) is 0.612. The van der Waals surface area contributed by atoms with Crippen LogP contribution in [0.25, 0.3) is 11.1 Å². The SMILES string of the molecule is C=CCc1c(C)nn(C(=O)COc2ccccc2-c2ccccc2)c1C. The van der Waals surface area contributed by atoms with Crippen molar-refractivity contribution in [3.63, 3.8) is 0 Å². The molecular formula is C22H22N2O2. The maximum atomic E-state index is 12.6. The first kappa shape index (κ1) is 17.7. The highest BCUT2D eigenvalue weighted by Gasteiger charge is 2.17. The van der Waals surface area contributed by atoms with Crippen LogP contribution in [0.5, 0.6) is 5.75 Å². The number of aromatic nitrogens is 2. The van der Waals surface area contributed by atoms with Gasteiger partial charge in [-0.3, -0.25) is 4.79 Å². The van der Waals surface area contributed by atoms with E-state index in [1.54, 1.807) is 0 Å². The lowest BCUT2D eigenvalue weighted by atomic mass is 10.1. The van der Waals surface area contributed by atoms with Crippen molar-refractivity contribution in [2.75, 3.05) is 6.61 Å². The standard InChI is InChI=1S/C22H22N2O2/c1-4-10-19-16(2)23-24(17(19)3)22(25)15-26-21-14-9-8-13-20(21)18-11-6-5-7-12-18/h4-9,11-14H,1,10,15H2,2-3H3. The zero-order valence-electron chi connectivity index (χ0n) is 15.1. The molecule has 1 heterocycles. The molecule has 0 aliphatic carbocycles. The average molecular weight is 346 g/mol. The number of benzene rings is 2. The normalized spacial score (nSPS) is 10.5. The molecule has 0 radical (unpaired) electrons. The van der Waals surface area contributed by atoms with Gasteiger partial charge in [-0.25, -0.2) is 4.68 Å². The van der Waals surface area contributed by atoms with Crippen molar-refractivity contribution in [2.24, 2.45) is 0 Å². The summed E-state index contributed by atoms with van der Waals surface area (Å²) in [5.74, 6) is 0.490. The summed E-state index contributed by atoms with van der Waals surface area (Å²) < 4.78 is 7.27. The maximum absolute atomic E-state index is 12.6. The fourth-order valence-electron chi connectivity index (χ4n) is 3.01. The second-order valence-corrected chi connectivity index (χ2v) is 6.10. The first-order valence-corrected chi connectivity index (χ1v) is 8.58. The van der Waals surface area contributed by atoms with E-state index in [1.807, 2.05) is 74.5 Å². The number of nitrogens with zero attached hydrogens (tertiary/aromatic N) is 2. The van der Waals surface area contributed by atoms with E-state index in [4.69, 9.17) is 4.74 Å². The van der Waals surface area contributed by atoms with Crippen LogP contribution in [0.4, 0.5) is 0 Å². The highest BCUT2D eigenvalue weighted by atomic mass is 16.5. The number of ether oxygens (including phenoxy) is 1. The van der Waals surface area contributed by atoms with Crippen LogP contribution < -0.4 is 4.74 Å². The van der Waals surface area contributed by atoms with Crippen molar-refractivity contribution in [2.45, 2.75) is 20.3 Å². The van der Waals surface area contributed by atoms with Crippen LogP contribution in [0.2, 0.25) is 0 Å². The van der Waals surface area contributed by atoms with Gasteiger partial charge >= 0.3 is 0 Å². The monoisotopic (exact) mass is 346 g/mol. The molecule has 0 saturated heterocycles. The second-order valence-electron chi connectivity index (χ2n) is 6.10. The Morgan fingerprint density at radius 2 is 1.81 bits per heavy atom. The molecule has 4 nitrogen and oxygen atoms in total. The van der Waals surface area contributed by atoms with Gasteiger partial charge in [-0.15, -0.1) is 6.58 Å². The van der Waals surface area contributed by atoms with Crippen LogP contribution in [-0.4, -0.2) is 22.3 Å². The summed E-state index contributed by atoms with van der Waals surface area (Å²) in [6.07, 6.45) is 2.51. The zero-order chi connectivity index (χ0) is 18.5. The van der Waals surface area contributed by atoms with Crippen LogP contribution >= 0.6 is 0 Å². The summed E-state index contributed by atoms with van der Waals surface area (Å²) in [6.45, 7) is 7.49. The number of hydrogen-bond donors (Lipinski definition) is 0. The second kappa shape index (κ2) is 7.83. The number of hydrogen-bond acceptors (Lipinski definition) is 3. The van der Waals surface area contributed by atoms with E-state index in [1.165, 1.54) is 4.68 Å². The smallest absolute Gasteiger partial charge is 0.284 e. The van der Waals surface area contributed by atoms with E-state index in [9.17, 15) is 4.79 Å². The molecular weight excluding hydrogens is 324 g/mol. The first-order chi connectivity index (χ1) is 12.6. The number of carbonyl (C=O) groups excluding carboxylic acids is 1. The van der Waals surface area contributed by atoms with Gasteiger partial charge in [0.25, 0.3) is 5.91 Å². The van der Waals surface area contributed by atoms with Gasteiger partial charge in [0, 0.05) is 16.8 Å². The number of aryl methyl sites for hydroxylation is 1. The number of carbonyl (C=O) groups is 1. The summed E-state index contributed by atoms with van der Waals surface area (Å²) in [4.78, 5) is 12.6. The van der Waals surface area contributed by atoms with Crippen molar-refractivity contribution < 1.29 is 9.53 Å². The highest BCUT2D eigenvalue weighted by Crippen LogP contribution is 2.29. The fourth-order valence-corrected chi connectivity index (χ4v) is 3.01. The molecule has 3 aromatic rings. The van der Waals surface area contributed by atoms with Gasteiger partial charge in [0.15, 0.2) is 6.61 Å². The lowest BCUT2D eigenvalue weighted by molar-refractivity contribution is 0.0818. The first-order valence-electron chi connectivity index (χ1n) is 8.58. The molecule has 132 valence electrons. The number of para-hydroxylation sites is 1. The summed E-state index contributed by atoms with van der Waals surface area (Å²) in [7, 11) is 0. The van der Waals surface area contributed by atoms with Crippen molar-refractivity contribution in [3.05, 3.63) is 84.2 Å². The van der Waals surface area contributed by atoms with Gasteiger partial charge in [-0.05, 0) is 31.9 Å². The van der Waals surface area contributed by atoms with E-state index < -0.39 is 0 Å². The third-order valence-corrected chi connectivity index (χ3v) is 4.35. The van der Waals surface area contributed by atoms with Gasteiger partial charge in [-0.1, -0.05) is 54.6 Å². The Balaban J connectivity index is 1.79. The van der Waals surface area contributed by atoms with Crippen molar-refractivity contribution >= 4 is 5.91 Å². The Morgan fingerprint density at radius 3 is 2.54 bits per heavy atom. The molecule has 0 unspecified atom stereocenters. The number of rotatable bonds is 6. The molecule has 1 aromatic heterocycles. The Kier molecular flexibility index (Phi) is 5.32. The molecule has 0 atom stereocenters. The van der Waals surface area contributed by atoms with Crippen molar-refractivity contribution in [1.82, 2.24) is 9.78 Å². The Morgan fingerprint density at radius 1 is 1.12 bits per heavy atom. The largest absolute Gasteiger partial charge is 0.483 e. The van der Waals surface area contributed by atoms with Crippen LogP contribution in [0.15, 0.2) is 67.3 Å². The van der Waals surface area contributed by atoms with Crippen LogP contribution in [0.1, 0.15) is 21.7 Å². The molecule has 26 heavy (non-hydrogen) atoms. The molecule has 0 saturated carbocycles. The minimum atomic E-state index is -0.191. The lowest BCUT2D eigenvalue weighted by Crippen LogP contribution is -2.22. The minimum Gasteiger partial charge on any atom is -0.483 e. The molecule has 0 amide bonds. The number of allylic oxidation sites excluding steroid dienone is 1. The van der Waals surface area contributed by atoms with E-state index in [-0.39, 0.29) is 12.5 Å². The summed E-state index contributed by atoms with van der Waals surface area (Å²) in [5, 5.41) is 4.36. The van der Waals surface area contributed by atoms with Crippen molar-refractivity contribution in [1.29, 1.82) is 0 Å². The molecule has 0 spiro atoms. The predicted octanol–water partition coefficient (Wildman–Crippen LogP) is 4.61. The topological polar surface area (TPSA) is 44.1 Å². The zero-order valence-corrected chi connectivity index (χ0v) is 15.1. The predicted molar refractivity (Wildman–Crippen MR) is 104 cm³/mol. The van der Waals surface area contributed by atoms with Crippen molar-refractivity contribution in [3.8, 4) is 16.9 Å². The lowest BCUT2D eigenvalue weighted by Gasteiger charge is -2.11. The van der Waals surface area contributed by atoms with E-state index in [2.05, 4.69) is 11.7 Å². The molecule has 3 rings (SSSR count).